The van der Waals surface area contributed by atoms with Crippen LogP contribution in [-0.4, -0.2) is 40.0 Å². The highest BCUT2D eigenvalue weighted by Crippen LogP contribution is 2.12. The van der Waals surface area contributed by atoms with E-state index in [0.717, 1.165) is 6.54 Å². The van der Waals surface area contributed by atoms with Crippen LogP contribution < -0.4 is 10.9 Å². The summed E-state index contributed by atoms with van der Waals surface area (Å²) >= 11 is 5.85. The van der Waals surface area contributed by atoms with Gasteiger partial charge in [-0.3, -0.25) is 9.69 Å². The van der Waals surface area contributed by atoms with Gasteiger partial charge in [0, 0.05) is 25.2 Å². The maximum Gasteiger partial charge on any atom is 0.271 e. The number of anilines is 1. The van der Waals surface area contributed by atoms with Crippen LogP contribution in [0.4, 0.5) is 5.82 Å². The Morgan fingerprint density at radius 3 is 2.56 bits per heavy atom. The van der Waals surface area contributed by atoms with Crippen LogP contribution >= 0.6 is 11.6 Å². The molecule has 0 amide bonds. The Bertz CT molecular complexity index is 422. The summed E-state index contributed by atoms with van der Waals surface area (Å²) in [5.41, 5.74) is -0.321. The van der Waals surface area contributed by atoms with Gasteiger partial charge in [0.25, 0.3) is 5.56 Å². The van der Waals surface area contributed by atoms with E-state index in [0.29, 0.717) is 24.4 Å². The van der Waals surface area contributed by atoms with Gasteiger partial charge >= 0.3 is 0 Å². The van der Waals surface area contributed by atoms with Crippen molar-refractivity contribution in [3.8, 4) is 0 Å². The number of H-pyrrole nitrogens is 1. The highest BCUT2D eigenvalue weighted by atomic mass is 35.5. The second kappa shape index (κ2) is 6.75. The lowest BCUT2D eigenvalue weighted by Crippen LogP contribution is -2.40. The Labute approximate surface area is 113 Å². The smallest absolute Gasteiger partial charge is 0.271 e. The van der Waals surface area contributed by atoms with Gasteiger partial charge in [0.2, 0.25) is 0 Å². The lowest BCUT2D eigenvalue weighted by atomic mass is 10.2. The van der Waals surface area contributed by atoms with Gasteiger partial charge in [0.15, 0.2) is 5.82 Å². The second-order valence-electron chi connectivity index (χ2n) is 4.75. The molecule has 5 nitrogen and oxygen atoms in total. The molecule has 0 aliphatic heterocycles. The Morgan fingerprint density at radius 2 is 2.00 bits per heavy atom. The molecule has 1 aromatic rings. The third-order valence-corrected chi connectivity index (χ3v) is 3.14. The number of aromatic amines is 1. The first-order chi connectivity index (χ1) is 8.43. The molecule has 1 heterocycles. The van der Waals surface area contributed by atoms with Gasteiger partial charge in [0.1, 0.15) is 5.02 Å². The first-order valence-corrected chi connectivity index (χ1v) is 6.54. The molecule has 6 heteroatoms. The number of halogens is 1. The number of hydrogen-bond donors (Lipinski definition) is 2. The monoisotopic (exact) mass is 272 g/mol. The van der Waals surface area contributed by atoms with E-state index in [-0.39, 0.29) is 10.6 Å². The summed E-state index contributed by atoms with van der Waals surface area (Å²) in [7, 11) is 0. The van der Waals surface area contributed by atoms with Crippen molar-refractivity contribution in [1.82, 2.24) is 14.9 Å². The van der Waals surface area contributed by atoms with E-state index in [1.807, 2.05) is 0 Å². The quantitative estimate of drug-likeness (QED) is 0.831. The topological polar surface area (TPSA) is 61.0 Å². The molecule has 0 bridgehead atoms. The van der Waals surface area contributed by atoms with Crippen molar-refractivity contribution < 1.29 is 0 Å². The largest absolute Gasteiger partial charge is 0.367 e. The first kappa shape index (κ1) is 15.0. The zero-order chi connectivity index (χ0) is 13.7. The third kappa shape index (κ3) is 3.99. The van der Waals surface area contributed by atoms with E-state index in [1.165, 1.54) is 6.33 Å². The van der Waals surface area contributed by atoms with Crippen molar-refractivity contribution in [2.45, 2.75) is 39.8 Å². The lowest BCUT2D eigenvalue weighted by molar-refractivity contribution is 0.182. The van der Waals surface area contributed by atoms with Gasteiger partial charge in [-0.15, -0.1) is 0 Å². The number of rotatable bonds is 6. The Morgan fingerprint density at radius 1 is 1.39 bits per heavy atom. The lowest BCUT2D eigenvalue weighted by Gasteiger charge is -2.30. The zero-order valence-corrected chi connectivity index (χ0v) is 12.1. The molecular formula is C12H21ClN4O. The molecule has 0 saturated heterocycles. The summed E-state index contributed by atoms with van der Waals surface area (Å²) < 4.78 is 0. The van der Waals surface area contributed by atoms with Crippen molar-refractivity contribution >= 4 is 17.4 Å². The summed E-state index contributed by atoms with van der Waals surface area (Å²) in [4.78, 5) is 20.1. The number of nitrogens with one attached hydrogen (secondary N) is 2. The Balaban J connectivity index is 2.56. The fourth-order valence-corrected chi connectivity index (χ4v) is 2.09. The van der Waals surface area contributed by atoms with E-state index in [9.17, 15) is 4.79 Å². The maximum absolute atomic E-state index is 11.3. The van der Waals surface area contributed by atoms with Crippen molar-refractivity contribution in [1.29, 1.82) is 0 Å². The minimum absolute atomic E-state index is 0.109. The summed E-state index contributed by atoms with van der Waals surface area (Å²) in [6.07, 6.45) is 1.35. The van der Waals surface area contributed by atoms with E-state index in [1.54, 1.807) is 0 Å². The molecule has 102 valence electrons. The highest BCUT2D eigenvalue weighted by molar-refractivity contribution is 6.32. The predicted octanol–water partition coefficient (Wildman–Crippen LogP) is 1.95. The summed E-state index contributed by atoms with van der Waals surface area (Å²) in [5, 5.41) is 3.20. The van der Waals surface area contributed by atoms with E-state index >= 15 is 0 Å². The van der Waals surface area contributed by atoms with Crippen LogP contribution in [0.3, 0.4) is 0 Å². The predicted molar refractivity (Wildman–Crippen MR) is 75.3 cm³/mol. The Hall–Kier alpha value is -1.07. The van der Waals surface area contributed by atoms with Crippen LogP contribution in [0.5, 0.6) is 0 Å². The number of hydrogen-bond acceptors (Lipinski definition) is 4. The maximum atomic E-state index is 11.3. The van der Waals surface area contributed by atoms with E-state index in [4.69, 9.17) is 11.6 Å². The van der Waals surface area contributed by atoms with E-state index in [2.05, 4.69) is 47.9 Å². The van der Waals surface area contributed by atoms with Crippen molar-refractivity contribution in [3.63, 3.8) is 0 Å². The van der Waals surface area contributed by atoms with Crippen LogP contribution in [0.1, 0.15) is 27.7 Å². The minimum atomic E-state index is -0.321. The van der Waals surface area contributed by atoms with Crippen LogP contribution in [0.25, 0.3) is 0 Å². The molecule has 2 N–H and O–H groups in total. The summed E-state index contributed by atoms with van der Waals surface area (Å²) in [6, 6.07) is 0.962. The number of nitrogens with zero attached hydrogens (tertiary/aromatic N) is 2. The highest BCUT2D eigenvalue weighted by Gasteiger charge is 2.13. The van der Waals surface area contributed by atoms with Gasteiger partial charge in [-0.05, 0) is 27.7 Å². The average molecular weight is 273 g/mol. The van der Waals surface area contributed by atoms with Gasteiger partial charge in [-0.25, -0.2) is 4.98 Å². The molecule has 0 atom stereocenters. The van der Waals surface area contributed by atoms with Crippen molar-refractivity contribution in [3.05, 3.63) is 21.7 Å². The van der Waals surface area contributed by atoms with Gasteiger partial charge in [-0.1, -0.05) is 11.6 Å². The molecule has 0 aliphatic carbocycles. The van der Waals surface area contributed by atoms with Gasteiger partial charge in [0.05, 0.1) is 6.33 Å². The summed E-state index contributed by atoms with van der Waals surface area (Å²) in [6.45, 7) is 10.2. The number of aromatic nitrogens is 2. The molecular weight excluding hydrogens is 252 g/mol. The molecule has 0 aromatic carbocycles. The minimum Gasteiger partial charge on any atom is -0.367 e. The van der Waals surface area contributed by atoms with E-state index < -0.39 is 0 Å². The molecule has 18 heavy (non-hydrogen) atoms. The molecule has 0 fully saturated rings. The fraction of sp³-hybridized carbons (Fsp3) is 0.667. The zero-order valence-electron chi connectivity index (χ0n) is 11.3. The second-order valence-corrected chi connectivity index (χ2v) is 5.12. The normalized spacial score (nSPS) is 11.6. The third-order valence-electron chi connectivity index (χ3n) is 2.79. The average Bonchev–Trinajstić information content (AvgIpc) is 2.28. The fourth-order valence-electron chi connectivity index (χ4n) is 1.92. The molecule has 0 spiro atoms. The van der Waals surface area contributed by atoms with Crippen molar-refractivity contribution in [2.24, 2.45) is 0 Å². The van der Waals surface area contributed by atoms with Gasteiger partial charge < -0.3 is 10.3 Å². The van der Waals surface area contributed by atoms with Crippen LogP contribution in [0, 0.1) is 0 Å². The molecule has 0 aliphatic rings. The molecule has 1 aromatic heterocycles. The first-order valence-electron chi connectivity index (χ1n) is 6.16. The Kier molecular flexibility index (Phi) is 5.62. The van der Waals surface area contributed by atoms with Crippen LogP contribution in [0.2, 0.25) is 5.02 Å². The molecule has 1 rings (SSSR count). The molecule has 0 unspecified atom stereocenters. The molecule has 0 saturated carbocycles. The van der Waals surface area contributed by atoms with Gasteiger partial charge in [-0.2, -0.15) is 0 Å². The van der Waals surface area contributed by atoms with Crippen molar-refractivity contribution in [2.75, 3.05) is 18.4 Å². The SMILES string of the molecule is CC(C)N(CCNc1nc[nH]c(=O)c1Cl)C(C)C. The molecule has 0 radical (unpaired) electrons. The van der Waals surface area contributed by atoms with Crippen LogP contribution in [-0.2, 0) is 0 Å². The standard InChI is InChI=1S/C12H21ClN4O/c1-8(2)17(9(3)4)6-5-14-11-10(13)12(18)16-7-15-11/h7-9H,5-6H2,1-4H3,(H2,14,15,16,18). The van der Waals surface area contributed by atoms with Crippen LogP contribution in [0.15, 0.2) is 11.1 Å². The summed E-state index contributed by atoms with van der Waals surface area (Å²) in [5.74, 6) is 0.438.